The van der Waals surface area contributed by atoms with Gasteiger partial charge in [0.2, 0.25) is 0 Å². The molecule has 0 aromatic carbocycles. The van der Waals surface area contributed by atoms with Crippen LogP contribution in [0.3, 0.4) is 0 Å². The average molecular weight is 127 g/mol. The van der Waals surface area contributed by atoms with Gasteiger partial charge in [-0.25, -0.2) is 0 Å². The summed E-state index contributed by atoms with van der Waals surface area (Å²) < 4.78 is 0. The molecule has 0 fully saturated rings. The maximum absolute atomic E-state index is 5.35. The fourth-order valence-corrected chi connectivity index (χ4v) is 0.617. The topological polar surface area (TPSA) is 26.0 Å². The summed E-state index contributed by atoms with van der Waals surface area (Å²) >= 11 is 0. The predicted molar refractivity (Wildman–Crippen MR) is 42.3 cm³/mol. The molecule has 0 heterocycles. The second kappa shape index (κ2) is 4.57. The molecular formula is C8H17N. The van der Waals surface area contributed by atoms with Crippen molar-refractivity contribution in [1.29, 1.82) is 0 Å². The lowest BCUT2D eigenvalue weighted by Gasteiger charge is -2.00. The molecule has 0 rings (SSSR count). The first-order valence-electron chi connectivity index (χ1n) is 3.51. The van der Waals surface area contributed by atoms with Gasteiger partial charge in [0, 0.05) is 0 Å². The van der Waals surface area contributed by atoms with Gasteiger partial charge in [-0.1, -0.05) is 11.1 Å². The van der Waals surface area contributed by atoms with Crippen LogP contribution in [0.2, 0.25) is 0 Å². The number of hydrogen-bond donors (Lipinski definition) is 1. The molecule has 2 N–H and O–H groups in total. The van der Waals surface area contributed by atoms with Crippen LogP contribution in [0, 0.1) is 0 Å². The Bertz CT molecular complexity index is 99.1. The van der Waals surface area contributed by atoms with Crippen molar-refractivity contribution >= 4 is 0 Å². The predicted octanol–water partition coefficient (Wildman–Crippen LogP) is 2.08. The molecule has 0 spiro atoms. The second-order valence-electron chi connectivity index (χ2n) is 2.67. The second-order valence-corrected chi connectivity index (χ2v) is 2.67. The van der Waals surface area contributed by atoms with Crippen LogP contribution in [0.5, 0.6) is 0 Å². The van der Waals surface area contributed by atoms with Crippen molar-refractivity contribution < 1.29 is 0 Å². The van der Waals surface area contributed by atoms with Crippen LogP contribution in [-0.4, -0.2) is 6.54 Å². The first-order valence-corrected chi connectivity index (χ1v) is 3.51. The summed E-state index contributed by atoms with van der Waals surface area (Å²) in [5, 5.41) is 0. The van der Waals surface area contributed by atoms with E-state index < -0.39 is 0 Å². The van der Waals surface area contributed by atoms with Crippen molar-refractivity contribution in [2.75, 3.05) is 6.54 Å². The Kier molecular flexibility index (Phi) is 4.41. The van der Waals surface area contributed by atoms with Crippen molar-refractivity contribution in [3.63, 3.8) is 0 Å². The molecule has 0 aliphatic rings. The van der Waals surface area contributed by atoms with Gasteiger partial charge in [0.15, 0.2) is 0 Å². The van der Waals surface area contributed by atoms with E-state index >= 15 is 0 Å². The van der Waals surface area contributed by atoms with Gasteiger partial charge in [-0.2, -0.15) is 0 Å². The molecule has 9 heavy (non-hydrogen) atoms. The highest BCUT2D eigenvalue weighted by Gasteiger charge is 1.89. The maximum Gasteiger partial charge on any atom is -0.00742 e. The van der Waals surface area contributed by atoms with Gasteiger partial charge in [0.25, 0.3) is 0 Å². The summed E-state index contributed by atoms with van der Waals surface area (Å²) in [4.78, 5) is 0. The fraction of sp³-hybridized carbons (Fsp3) is 0.750. The van der Waals surface area contributed by atoms with Crippen molar-refractivity contribution in [3.8, 4) is 0 Å². The molecule has 0 aromatic rings. The molecule has 54 valence electrons. The summed E-state index contributed by atoms with van der Waals surface area (Å²) in [6.45, 7) is 7.27. The minimum atomic E-state index is 0.810. The van der Waals surface area contributed by atoms with Crippen LogP contribution in [0.15, 0.2) is 11.1 Å². The molecule has 0 aliphatic heterocycles. The third-order valence-corrected chi connectivity index (χ3v) is 1.61. The molecule has 1 heteroatoms. The van der Waals surface area contributed by atoms with Crippen molar-refractivity contribution in [1.82, 2.24) is 0 Å². The van der Waals surface area contributed by atoms with E-state index in [1.54, 1.807) is 0 Å². The first kappa shape index (κ1) is 8.70. The minimum absolute atomic E-state index is 0.810. The van der Waals surface area contributed by atoms with Gasteiger partial charge in [-0.05, 0) is 40.2 Å². The van der Waals surface area contributed by atoms with E-state index in [9.17, 15) is 0 Å². The zero-order valence-electron chi connectivity index (χ0n) is 6.70. The van der Waals surface area contributed by atoms with Crippen LogP contribution >= 0.6 is 0 Å². The highest BCUT2D eigenvalue weighted by molar-refractivity contribution is 5.06. The van der Waals surface area contributed by atoms with Gasteiger partial charge in [0.05, 0.1) is 0 Å². The molecule has 0 aromatic heterocycles. The summed E-state index contributed by atoms with van der Waals surface area (Å²) in [5.41, 5.74) is 8.27. The van der Waals surface area contributed by atoms with Crippen LogP contribution in [0.25, 0.3) is 0 Å². The lowest BCUT2D eigenvalue weighted by molar-refractivity contribution is 0.815. The van der Waals surface area contributed by atoms with Crippen LogP contribution in [0.4, 0.5) is 0 Å². The van der Waals surface area contributed by atoms with Crippen molar-refractivity contribution in [2.24, 2.45) is 5.73 Å². The molecule has 0 amide bonds. The molecular weight excluding hydrogens is 110 g/mol. The van der Waals surface area contributed by atoms with E-state index in [0.29, 0.717) is 0 Å². The summed E-state index contributed by atoms with van der Waals surface area (Å²) in [6.07, 6.45) is 2.29. The number of nitrogens with two attached hydrogens (primary N) is 1. The number of rotatable bonds is 3. The number of hydrogen-bond acceptors (Lipinski definition) is 1. The highest BCUT2D eigenvalue weighted by Crippen LogP contribution is 2.07. The Morgan fingerprint density at radius 3 is 2.11 bits per heavy atom. The van der Waals surface area contributed by atoms with Gasteiger partial charge in [0.1, 0.15) is 0 Å². The quantitative estimate of drug-likeness (QED) is 0.577. The van der Waals surface area contributed by atoms with E-state index in [1.807, 2.05) is 0 Å². The van der Waals surface area contributed by atoms with Crippen molar-refractivity contribution in [2.45, 2.75) is 33.6 Å². The Hall–Kier alpha value is -0.300. The Morgan fingerprint density at radius 1 is 1.22 bits per heavy atom. The van der Waals surface area contributed by atoms with Crippen LogP contribution in [0.1, 0.15) is 33.6 Å². The molecule has 0 saturated carbocycles. The third-order valence-electron chi connectivity index (χ3n) is 1.61. The molecule has 0 radical (unpaired) electrons. The van der Waals surface area contributed by atoms with Gasteiger partial charge >= 0.3 is 0 Å². The Morgan fingerprint density at radius 2 is 1.78 bits per heavy atom. The molecule has 0 aliphatic carbocycles. The molecule has 0 unspecified atom stereocenters. The average Bonchev–Trinajstić information content (AvgIpc) is 1.82. The normalized spacial score (nSPS) is 9.33. The van der Waals surface area contributed by atoms with Gasteiger partial charge in [-0.3, -0.25) is 0 Å². The molecule has 0 atom stereocenters. The summed E-state index contributed by atoms with van der Waals surface area (Å²) in [6, 6.07) is 0. The Labute approximate surface area is 57.9 Å². The SMILES string of the molecule is CC(C)=C(C)CCCN. The fourth-order valence-electron chi connectivity index (χ4n) is 0.617. The zero-order valence-corrected chi connectivity index (χ0v) is 6.70. The highest BCUT2D eigenvalue weighted by atomic mass is 14.5. The Balaban J connectivity index is 3.50. The lowest BCUT2D eigenvalue weighted by Crippen LogP contribution is -1.98. The largest absolute Gasteiger partial charge is 0.330 e. The van der Waals surface area contributed by atoms with E-state index in [0.717, 1.165) is 13.0 Å². The van der Waals surface area contributed by atoms with E-state index in [1.165, 1.54) is 17.6 Å². The monoisotopic (exact) mass is 127 g/mol. The molecule has 1 nitrogen and oxygen atoms in total. The first-order chi connectivity index (χ1) is 4.18. The maximum atomic E-state index is 5.35. The van der Waals surface area contributed by atoms with E-state index in [2.05, 4.69) is 20.8 Å². The third kappa shape index (κ3) is 4.22. The zero-order chi connectivity index (χ0) is 7.28. The van der Waals surface area contributed by atoms with Gasteiger partial charge in [-0.15, -0.1) is 0 Å². The standard InChI is InChI=1S/C8H17N/c1-7(2)8(3)5-4-6-9/h4-6,9H2,1-3H3. The van der Waals surface area contributed by atoms with Gasteiger partial charge < -0.3 is 5.73 Å². The minimum Gasteiger partial charge on any atom is -0.330 e. The molecule has 0 saturated heterocycles. The smallest absolute Gasteiger partial charge is 0.00742 e. The van der Waals surface area contributed by atoms with E-state index in [-0.39, 0.29) is 0 Å². The van der Waals surface area contributed by atoms with Crippen molar-refractivity contribution in [3.05, 3.63) is 11.1 Å². The lowest BCUT2D eigenvalue weighted by atomic mass is 10.1. The molecule has 0 bridgehead atoms. The number of allylic oxidation sites excluding steroid dienone is 2. The van der Waals surface area contributed by atoms with Crippen LogP contribution < -0.4 is 5.73 Å². The van der Waals surface area contributed by atoms with Crippen LogP contribution in [-0.2, 0) is 0 Å². The summed E-state index contributed by atoms with van der Waals surface area (Å²) in [7, 11) is 0. The summed E-state index contributed by atoms with van der Waals surface area (Å²) in [5.74, 6) is 0. The van der Waals surface area contributed by atoms with E-state index in [4.69, 9.17) is 5.73 Å².